The van der Waals surface area contributed by atoms with E-state index in [1.807, 2.05) is 0 Å². The number of amides is 2. The molecule has 0 unspecified atom stereocenters. The highest BCUT2D eigenvalue weighted by atomic mass is 35.5. The monoisotopic (exact) mass is 661 g/mol. The normalized spacial score (nSPS) is 11.7. The van der Waals surface area contributed by atoms with E-state index in [-0.39, 0.29) is 21.7 Å². The molecule has 0 radical (unpaired) electrons. The van der Waals surface area contributed by atoms with E-state index in [2.05, 4.69) is 19.8 Å². The van der Waals surface area contributed by atoms with E-state index in [0.29, 0.717) is 39.2 Å². The highest BCUT2D eigenvalue weighted by molar-refractivity contribution is 7.10. The van der Waals surface area contributed by atoms with E-state index in [0.717, 1.165) is 16.2 Å². The zero-order valence-electron chi connectivity index (χ0n) is 26.0. The number of hydrogen-bond acceptors (Lipinski definition) is 10. The van der Waals surface area contributed by atoms with Gasteiger partial charge in [-0.2, -0.15) is 19.1 Å². The van der Waals surface area contributed by atoms with Gasteiger partial charge in [0.05, 0.1) is 28.0 Å². The van der Waals surface area contributed by atoms with Gasteiger partial charge in [0.1, 0.15) is 11.2 Å². The van der Waals surface area contributed by atoms with Gasteiger partial charge in [0.2, 0.25) is 5.13 Å². The van der Waals surface area contributed by atoms with Crippen molar-refractivity contribution in [1.82, 2.24) is 19.1 Å². The molecule has 0 atom stereocenters. The van der Waals surface area contributed by atoms with Crippen LogP contribution in [0.4, 0.5) is 31.8 Å². The molecule has 14 heteroatoms. The molecule has 3 aromatic carbocycles. The van der Waals surface area contributed by atoms with Gasteiger partial charge in [0, 0.05) is 33.9 Å². The Hall–Kier alpha value is -5.01. The second kappa shape index (κ2) is 12.4. The first-order valence-electron chi connectivity index (χ1n) is 14.1. The second-order valence-corrected chi connectivity index (χ2v) is 13.3. The summed E-state index contributed by atoms with van der Waals surface area (Å²) in [5, 5.41) is 7.74. The predicted molar refractivity (Wildman–Crippen MR) is 179 cm³/mol. The topological polar surface area (TPSA) is 155 Å². The summed E-state index contributed by atoms with van der Waals surface area (Å²) in [6, 6.07) is 16.9. The van der Waals surface area contributed by atoms with Crippen LogP contribution in [0.5, 0.6) is 0 Å². The van der Waals surface area contributed by atoms with Gasteiger partial charge in [0.25, 0.3) is 5.91 Å². The van der Waals surface area contributed by atoms with E-state index >= 15 is 0 Å². The third-order valence-electron chi connectivity index (χ3n) is 6.24. The molecule has 238 valence electrons. The zero-order chi connectivity index (χ0) is 33.4. The molecule has 5 rings (SSSR count). The molecule has 0 fully saturated rings. The Kier molecular flexibility index (Phi) is 8.74. The summed E-state index contributed by atoms with van der Waals surface area (Å²) >= 11 is 7.82. The maximum atomic E-state index is 13.6. The van der Waals surface area contributed by atoms with E-state index in [1.165, 1.54) is 11.1 Å². The highest BCUT2D eigenvalue weighted by Gasteiger charge is 2.31. The Balaban J connectivity index is 1.50. The molecule has 3 N–H and O–H groups in total. The summed E-state index contributed by atoms with van der Waals surface area (Å²) in [6.45, 7) is 10.5. The predicted octanol–water partition coefficient (Wildman–Crippen LogP) is 7.90. The maximum Gasteiger partial charge on any atom is 0.435 e. The van der Waals surface area contributed by atoms with Crippen molar-refractivity contribution in [3.8, 4) is 11.4 Å². The maximum absolute atomic E-state index is 13.6. The number of benzene rings is 3. The Morgan fingerprint density at radius 3 is 2.37 bits per heavy atom. The van der Waals surface area contributed by atoms with E-state index in [1.54, 1.807) is 102 Å². The van der Waals surface area contributed by atoms with Gasteiger partial charge in [-0.05, 0) is 77.9 Å². The number of fused-ring (bicyclic) bond motifs is 1. The number of rotatable bonds is 5. The largest absolute Gasteiger partial charge is 0.443 e. The molecule has 2 heterocycles. The minimum Gasteiger partial charge on any atom is -0.443 e. The molecule has 0 bridgehead atoms. The molecule has 0 aliphatic heterocycles. The number of carbonyl (C=O) groups excluding carboxylic acids is 3. The van der Waals surface area contributed by atoms with E-state index in [4.69, 9.17) is 26.8 Å². The summed E-state index contributed by atoms with van der Waals surface area (Å²) in [4.78, 5) is 45.1. The number of aromatic nitrogens is 4. The third-order valence-corrected chi connectivity index (χ3v) is 7.34. The Morgan fingerprint density at radius 2 is 1.67 bits per heavy atom. The summed E-state index contributed by atoms with van der Waals surface area (Å²) in [6.07, 6.45) is 0.0133. The SMILES string of the molecule is CC(C)(C)OC(=O)N(c1nc(-c2cccc(NC(=O)c3ccccc3N)c2)ns1)c1ccc2c(cnn2C(=O)OC(C)(C)C)c1Cl. The smallest absolute Gasteiger partial charge is 0.435 e. The molecule has 0 spiro atoms. The Bertz CT molecular complexity index is 1960. The number of para-hydroxylation sites is 1. The highest BCUT2D eigenvalue weighted by Crippen LogP contribution is 2.39. The molecule has 46 heavy (non-hydrogen) atoms. The number of nitrogen functional groups attached to an aromatic ring is 1. The summed E-state index contributed by atoms with van der Waals surface area (Å²) < 4.78 is 16.8. The van der Waals surface area contributed by atoms with Gasteiger partial charge in [-0.15, -0.1) is 0 Å². The van der Waals surface area contributed by atoms with E-state index in [9.17, 15) is 14.4 Å². The van der Waals surface area contributed by atoms with Crippen LogP contribution in [0.25, 0.3) is 22.3 Å². The van der Waals surface area contributed by atoms with Gasteiger partial charge in [-0.3, -0.25) is 4.79 Å². The van der Waals surface area contributed by atoms with Gasteiger partial charge in [-0.25, -0.2) is 14.5 Å². The fourth-order valence-electron chi connectivity index (χ4n) is 4.33. The van der Waals surface area contributed by atoms with Crippen LogP contribution in [0.3, 0.4) is 0 Å². The quantitative estimate of drug-likeness (QED) is 0.179. The zero-order valence-corrected chi connectivity index (χ0v) is 27.6. The van der Waals surface area contributed by atoms with Gasteiger partial charge >= 0.3 is 12.2 Å². The molecule has 0 aliphatic carbocycles. The fraction of sp³-hybridized carbons (Fsp3) is 0.250. The standard InChI is InChI=1S/C32H32ClN7O5S/c1-31(2,3)44-29(42)39(24-15-14-23-21(25(24)33)17-35-40(23)30(43)45-32(4,5)6)28-37-26(38-46-28)18-10-9-11-19(16-18)36-27(41)20-12-7-8-13-22(20)34/h7-17H,34H2,1-6H3,(H,36,41). The van der Waals surface area contributed by atoms with Crippen LogP contribution in [-0.2, 0) is 9.47 Å². The summed E-state index contributed by atoms with van der Waals surface area (Å²) in [5.41, 5.74) is 6.82. The van der Waals surface area contributed by atoms with Crippen LogP contribution in [0.2, 0.25) is 5.02 Å². The number of nitrogens with two attached hydrogens (primary N) is 1. The van der Waals surface area contributed by atoms with Crippen LogP contribution in [0, 0.1) is 0 Å². The van der Waals surface area contributed by atoms with Crippen LogP contribution in [-0.4, -0.2) is 48.4 Å². The van der Waals surface area contributed by atoms with Crippen LogP contribution >= 0.6 is 23.1 Å². The fourth-order valence-corrected chi connectivity index (χ4v) is 5.32. The lowest BCUT2D eigenvalue weighted by molar-refractivity contribution is 0.0521. The van der Waals surface area contributed by atoms with Gasteiger partial charge in [-0.1, -0.05) is 35.9 Å². The number of ether oxygens (including phenoxy) is 2. The van der Waals surface area contributed by atoms with E-state index < -0.39 is 23.4 Å². The average molecular weight is 662 g/mol. The van der Waals surface area contributed by atoms with Crippen molar-refractivity contribution in [1.29, 1.82) is 0 Å². The van der Waals surface area contributed by atoms with Gasteiger partial charge < -0.3 is 20.5 Å². The minimum absolute atomic E-state index is 0.139. The molecular weight excluding hydrogens is 630 g/mol. The lowest BCUT2D eigenvalue weighted by atomic mass is 10.1. The lowest BCUT2D eigenvalue weighted by Gasteiger charge is -2.26. The first-order valence-corrected chi connectivity index (χ1v) is 15.3. The summed E-state index contributed by atoms with van der Waals surface area (Å²) in [5.74, 6) is -0.0582. The Labute approximate surface area is 274 Å². The average Bonchev–Trinajstić information content (AvgIpc) is 3.61. The third kappa shape index (κ3) is 7.11. The van der Waals surface area contributed by atoms with Crippen molar-refractivity contribution in [3.63, 3.8) is 0 Å². The molecule has 5 aromatic rings. The van der Waals surface area contributed by atoms with Crippen molar-refractivity contribution in [2.24, 2.45) is 0 Å². The first-order chi connectivity index (χ1) is 21.6. The number of hydrogen-bond donors (Lipinski definition) is 2. The molecule has 12 nitrogen and oxygen atoms in total. The van der Waals surface area contributed by atoms with Crippen LogP contribution < -0.4 is 16.0 Å². The molecular formula is C32H32ClN7O5S. The lowest BCUT2D eigenvalue weighted by Crippen LogP contribution is -2.34. The van der Waals surface area contributed by atoms with Crippen molar-refractivity contribution >= 4 is 74.3 Å². The van der Waals surface area contributed by atoms with Crippen LogP contribution in [0.15, 0.2) is 66.9 Å². The number of anilines is 4. The molecule has 2 aromatic heterocycles. The van der Waals surface area contributed by atoms with Crippen LogP contribution in [0.1, 0.15) is 51.9 Å². The molecule has 2 amide bonds. The molecule has 0 aliphatic rings. The van der Waals surface area contributed by atoms with Crippen molar-refractivity contribution < 1.29 is 23.9 Å². The number of nitrogens with one attached hydrogen (secondary N) is 1. The second-order valence-electron chi connectivity index (χ2n) is 12.2. The number of carbonyl (C=O) groups is 3. The number of halogens is 1. The Morgan fingerprint density at radius 1 is 0.957 bits per heavy atom. The van der Waals surface area contributed by atoms with Crippen molar-refractivity contribution in [3.05, 3.63) is 77.4 Å². The molecule has 0 saturated carbocycles. The minimum atomic E-state index is -0.838. The molecule has 0 saturated heterocycles. The number of nitrogens with zero attached hydrogens (tertiary/aromatic N) is 5. The first kappa shape index (κ1) is 32.4. The van der Waals surface area contributed by atoms with Crippen molar-refractivity contribution in [2.75, 3.05) is 16.0 Å². The van der Waals surface area contributed by atoms with Gasteiger partial charge in [0.15, 0.2) is 5.82 Å². The summed E-state index contributed by atoms with van der Waals surface area (Å²) in [7, 11) is 0. The van der Waals surface area contributed by atoms with Crippen molar-refractivity contribution in [2.45, 2.75) is 52.7 Å².